The van der Waals surface area contributed by atoms with Gasteiger partial charge in [-0.25, -0.2) is 0 Å². The molecule has 1 aromatic carbocycles. The second-order valence-electron chi connectivity index (χ2n) is 4.56. The Bertz CT molecular complexity index is 329. The van der Waals surface area contributed by atoms with Crippen molar-refractivity contribution in [3.05, 3.63) is 29.8 Å². The molecule has 1 aliphatic heterocycles. The average molecular weight is 235 g/mol. The Morgan fingerprint density at radius 1 is 1.35 bits per heavy atom. The zero-order valence-electron chi connectivity index (χ0n) is 10.6. The van der Waals surface area contributed by atoms with Gasteiger partial charge in [-0.1, -0.05) is 19.1 Å². The maximum Gasteiger partial charge on any atom is 0.119 e. The Balaban J connectivity index is 1.77. The molecule has 1 aliphatic rings. The van der Waals surface area contributed by atoms with Crippen LogP contribution < -0.4 is 10.1 Å². The molecule has 1 saturated heterocycles. The van der Waals surface area contributed by atoms with E-state index in [1.807, 2.05) is 12.1 Å². The van der Waals surface area contributed by atoms with Crippen molar-refractivity contribution in [3.8, 4) is 5.75 Å². The Hall–Kier alpha value is -1.06. The molecule has 3 heteroatoms. The number of aryl methyl sites for hydroxylation is 1. The normalized spacial score (nSPS) is 24.6. The van der Waals surface area contributed by atoms with Gasteiger partial charge in [0.2, 0.25) is 0 Å². The highest BCUT2D eigenvalue weighted by Crippen LogP contribution is 2.13. The molecule has 0 saturated carbocycles. The SMILES string of the molecule is CCc1ccc(OCC2COC(C)CN2)cc1. The van der Waals surface area contributed by atoms with Crippen LogP contribution in [-0.4, -0.2) is 31.9 Å². The van der Waals surface area contributed by atoms with Gasteiger partial charge in [-0.3, -0.25) is 0 Å². The zero-order valence-corrected chi connectivity index (χ0v) is 10.6. The number of morpholine rings is 1. The number of ether oxygens (including phenoxy) is 2. The van der Waals surface area contributed by atoms with Gasteiger partial charge in [-0.05, 0) is 31.0 Å². The number of benzene rings is 1. The van der Waals surface area contributed by atoms with Crippen LogP contribution in [0, 0.1) is 0 Å². The third kappa shape index (κ3) is 3.72. The van der Waals surface area contributed by atoms with E-state index in [1.165, 1.54) is 5.56 Å². The lowest BCUT2D eigenvalue weighted by Gasteiger charge is -2.28. The van der Waals surface area contributed by atoms with Crippen LogP contribution in [0.5, 0.6) is 5.75 Å². The molecule has 3 nitrogen and oxygen atoms in total. The van der Waals surface area contributed by atoms with Crippen molar-refractivity contribution in [2.24, 2.45) is 0 Å². The quantitative estimate of drug-likeness (QED) is 0.866. The third-order valence-corrected chi connectivity index (χ3v) is 3.06. The van der Waals surface area contributed by atoms with Crippen molar-refractivity contribution in [1.29, 1.82) is 0 Å². The van der Waals surface area contributed by atoms with Crippen molar-refractivity contribution < 1.29 is 9.47 Å². The van der Waals surface area contributed by atoms with E-state index in [4.69, 9.17) is 9.47 Å². The minimum Gasteiger partial charge on any atom is -0.492 e. The molecule has 2 rings (SSSR count). The summed E-state index contributed by atoms with van der Waals surface area (Å²) in [5.74, 6) is 0.933. The number of hydrogen-bond acceptors (Lipinski definition) is 3. The standard InChI is InChI=1S/C14H21NO2/c1-3-12-4-6-14(7-5-12)17-10-13-9-16-11(2)8-15-13/h4-7,11,13,15H,3,8-10H2,1-2H3. The molecule has 1 aromatic rings. The number of rotatable bonds is 4. The zero-order chi connectivity index (χ0) is 12.1. The van der Waals surface area contributed by atoms with E-state index in [9.17, 15) is 0 Å². The van der Waals surface area contributed by atoms with Gasteiger partial charge in [0.1, 0.15) is 12.4 Å². The van der Waals surface area contributed by atoms with Crippen molar-refractivity contribution in [1.82, 2.24) is 5.32 Å². The first-order valence-corrected chi connectivity index (χ1v) is 6.34. The van der Waals surface area contributed by atoms with Crippen molar-refractivity contribution in [3.63, 3.8) is 0 Å². The van der Waals surface area contributed by atoms with E-state index >= 15 is 0 Å². The Kier molecular flexibility index (Phi) is 4.40. The second kappa shape index (κ2) is 6.03. The van der Waals surface area contributed by atoms with Gasteiger partial charge in [0.05, 0.1) is 18.8 Å². The monoisotopic (exact) mass is 235 g/mol. The fourth-order valence-electron chi connectivity index (χ4n) is 1.86. The lowest BCUT2D eigenvalue weighted by molar-refractivity contribution is 0.00456. The molecule has 94 valence electrons. The van der Waals surface area contributed by atoms with Crippen molar-refractivity contribution in [2.45, 2.75) is 32.4 Å². The Morgan fingerprint density at radius 2 is 2.12 bits per heavy atom. The maximum atomic E-state index is 5.74. The summed E-state index contributed by atoms with van der Waals surface area (Å²) in [6.07, 6.45) is 1.38. The molecule has 0 aromatic heterocycles. The minimum absolute atomic E-state index is 0.303. The molecular weight excluding hydrogens is 214 g/mol. The molecule has 2 unspecified atom stereocenters. The van der Waals surface area contributed by atoms with E-state index in [0.717, 1.165) is 25.3 Å². The summed E-state index contributed by atoms with van der Waals surface area (Å²) in [4.78, 5) is 0. The predicted molar refractivity (Wildman–Crippen MR) is 68.5 cm³/mol. The molecule has 0 amide bonds. The summed E-state index contributed by atoms with van der Waals surface area (Å²) in [6.45, 7) is 6.53. The van der Waals surface area contributed by atoms with Gasteiger partial charge in [0.25, 0.3) is 0 Å². The molecule has 2 atom stereocenters. The summed E-state index contributed by atoms with van der Waals surface area (Å²) < 4.78 is 11.3. The van der Waals surface area contributed by atoms with E-state index in [-0.39, 0.29) is 0 Å². The van der Waals surface area contributed by atoms with Gasteiger partial charge in [0.15, 0.2) is 0 Å². The molecule has 1 fully saturated rings. The van der Waals surface area contributed by atoms with Crippen LogP contribution in [0.1, 0.15) is 19.4 Å². The molecule has 0 radical (unpaired) electrons. The first-order valence-electron chi connectivity index (χ1n) is 6.34. The summed E-state index contributed by atoms with van der Waals surface area (Å²) in [5.41, 5.74) is 1.34. The highest BCUT2D eigenvalue weighted by molar-refractivity contribution is 5.27. The van der Waals surface area contributed by atoms with Crippen LogP contribution in [0.4, 0.5) is 0 Å². The van der Waals surface area contributed by atoms with E-state index in [2.05, 4.69) is 31.3 Å². The van der Waals surface area contributed by atoms with Crippen LogP contribution in [0.2, 0.25) is 0 Å². The number of hydrogen-bond donors (Lipinski definition) is 1. The predicted octanol–water partition coefficient (Wildman–Crippen LogP) is 2.00. The van der Waals surface area contributed by atoms with E-state index in [1.54, 1.807) is 0 Å². The van der Waals surface area contributed by atoms with Crippen molar-refractivity contribution >= 4 is 0 Å². The van der Waals surface area contributed by atoms with Crippen LogP contribution in [0.3, 0.4) is 0 Å². The van der Waals surface area contributed by atoms with Gasteiger partial charge < -0.3 is 14.8 Å². The van der Waals surface area contributed by atoms with Crippen LogP contribution in [0.25, 0.3) is 0 Å². The smallest absolute Gasteiger partial charge is 0.119 e. The van der Waals surface area contributed by atoms with Crippen LogP contribution in [0.15, 0.2) is 24.3 Å². The fourth-order valence-corrected chi connectivity index (χ4v) is 1.86. The largest absolute Gasteiger partial charge is 0.492 e. The first-order chi connectivity index (χ1) is 8.28. The highest BCUT2D eigenvalue weighted by Gasteiger charge is 2.17. The Morgan fingerprint density at radius 3 is 2.71 bits per heavy atom. The molecule has 0 spiro atoms. The topological polar surface area (TPSA) is 30.5 Å². The Labute approximate surface area is 103 Å². The summed E-state index contributed by atoms with van der Waals surface area (Å²) in [7, 11) is 0. The highest BCUT2D eigenvalue weighted by atomic mass is 16.5. The van der Waals surface area contributed by atoms with Crippen LogP contribution >= 0.6 is 0 Å². The van der Waals surface area contributed by atoms with Gasteiger partial charge >= 0.3 is 0 Å². The molecule has 0 bridgehead atoms. The lowest BCUT2D eigenvalue weighted by Crippen LogP contribution is -2.48. The fraction of sp³-hybridized carbons (Fsp3) is 0.571. The molecule has 17 heavy (non-hydrogen) atoms. The second-order valence-corrected chi connectivity index (χ2v) is 4.56. The summed E-state index contributed by atoms with van der Waals surface area (Å²) >= 11 is 0. The number of nitrogens with one attached hydrogen (secondary N) is 1. The summed E-state index contributed by atoms with van der Waals surface area (Å²) in [6, 6.07) is 8.60. The molecule has 1 heterocycles. The van der Waals surface area contributed by atoms with Gasteiger partial charge in [0, 0.05) is 6.54 Å². The van der Waals surface area contributed by atoms with Gasteiger partial charge in [-0.2, -0.15) is 0 Å². The van der Waals surface area contributed by atoms with Gasteiger partial charge in [-0.15, -0.1) is 0 Å². The van der Waals surface area contributed by atoms with Crippen molar-refractivity contribution in [2.75, 3.05) is 19.8 Å². The lowest BCUT2D eigenvalue weighted by atomic mass is 10.2. The molecule has 0 aliphatic carbocycles. The maximum absolute atomic E-state index is 5.74. The van der Waals surface area contributed by atoms with Crippen LogP contribution in [-0.2, 0) is 11.2 Å². The third-order valence-electron chi connectivity index (χ3n) is 3.06. The average Bonchev–Trinajstić information content (AvgIpc) is 2.39. The molecule has 1 N–H and O–H groups in total. The minimum atomic E-state index is 0.303. The first kappa shape index (κ1) is 12.4. The van der Waals surface area contributed by atoms with E-state index < -0.39 is 0 Å². The summed E-state index contributed by atoms with van der Waals surface area (Å²) in [5, 5.41) is 3.41. The molecular formula is C14H21NO2. The van der Waals surface area contributed by atoms with E-state index in [0.29, 0.717) is 18.8 Å².